The van der Waals surface area contributed by atoms with Gasteiger partial charge in [-0.3, -0.25) is 19.8 Å². The van der Waals surface area contributed by atoms with Crippen molar-refractivity contribution in [1.29, 1.82) is 0 Å². The van der Waals surface area contributed by atoms with Crippen LogP contribution < -0.4 is 5.32 Å². The fourth-order valence-electron chi connectivity index (χ4n) is 3.60. The van der Waals surface area contributed by atoms with Crippen LogP contribution >= 0.6 is 0 Å². The van der Waals surface area contributed by atoms with Gasteiger partial charge in [-0.2, -0.15) is 0 Å². The molecule has 1 saturated heterocycles. The molecule has 0 bridgehead atoms. The summed E-state index contributed by atoms with van der Waals surface area (Å²) in [6.07, 6.45) is 5.46. The summed E-state index contributed by atoms with van der Waals surface area (Å²) in [6, 6.07) is -0.522. The fraction of sp³-hybridized carbons (Fsp3) is 0.786. The Morgan fingerprint density at radius 2 is 1.95 bits per heavy atom. The van der Waals surface area contributed by atoms with Gasteiger partial charge in [-0.05, 0) is 31.1 Å². The van der Waals surface area contributed by atoms with Crippen LogP contribution in [0.15, 0.2) is 0 Å². The number of barbiturate groups is 1. The van der Waals surface area contributed by atoms with Crippen molar-refractivity contribution < 1.29 is 14.4 Å². The molecule has 3 rings (SSSR count). The van der Waals surface area contributed by atoms with Gasteiger partial charge in [-0.15, -0.1) is 0 Å². The number of urea groups is 1. The van der Waals surface area contributed by atoms with Crippen LogP contribution in [-0.4, -0.2) is 29.3 Å². The standard InChI is InChI=1S/C14H20N2O3/c1-9-4-2-5-10(9)8-16-12(18)14(6-3-7-14)11(17)15-13(16)19/h9-10H,2-8H2,1H3,(H,15,17,19). The van der Waals surface area contributed by atoms with E-state index in [1.165, 1.54) is 17.7 Å². The lowest BCUT2D eigenvalue weighted by Crippen LogP contribution is -2.66. The van der Waals surface area contributed by atoms with Crippen LogP contribution in [0.4, 0.5) is 4.79 Å². The largest absolute Gasteiger partial charge is 0.330 e. The summed E-state index contributed by atoms with van der Waals surface area (Å²) in [6.45, 7) is 2.65. The molecule has 19 heavy (non-hydrogen) atoms. The number of amides is 4. The highest BCUT2D eigenvalue weighted by atomic mass is 16.2. The highest BCUT2D eigenvalue weighted by molar-refractivity contribution is 6.19. The molecular formula is C14H20N2O3. The average Bonchev–Trinajstić information content (AvgIpc) is 2.68. The summed E-state index contributed by atoms with van der Waals surface area (Å²) in [4.78, 5) is 37.6. The molecule has 3 fully saturated rings. The highest BCUT2D eigenvalue weighted by Gasteiger charge is 2.57. The Bertz CT molecular complexity index is 442. The van der Waals surface area contributed by atoms with E-state index in [0.717, 1.165) is 12.8 Å². The van der Waals surface area contributed by atoms with Crippen LogP contribution in [0, 0.1) is 17.3 Å². The highest BCUT2D eigenvalue weighted by Crippen LogP contribution is 2.45. The van der Waals surface area contributed by atoms with Gasteiger partial charge in [0.25, 0.3) is 0 Å². The molecule has 0 aromatic heterocycles. The number of hydrogen-bond donors (Lipinski definition) is 1. The molecule has 2 saturated carbocycles. The Hall–Kier alpha value is -1.39. The summed E-state index contributed by atoms with van der Waals surface area (Å²) in [5.41, 5.74) is -0.921. The third kappa shape index (κ3) is 1.78. The molecular weight excluding hydrogens is 244 g/mol. The molecule has 2 aliphatic carbocycles. The molecule has 104 valence electrons. The van der Waals surface area contributed by atoms with Gasteiger partial charge < -0.3 is 0 Å². The summed E-state index contributed by atoms with van der Waals surface area (Å²) in [5.74, 6) is 0.298. The molecule has 3 aliphatic rings. The van der Waals surface area contributed by atoms with Crippen molar-refractivity contribution in [1.82, 2.24) is 10.2 Å². The molecule has 1 heterocycles. The molecule has 4 amide bonds. The monoisotopic (exact) mass is 264 g/mol. The van der Waals surface area contributed by atoms with Crippen molar-refractivity contribution in [2.24, 2.45) is 17.3 Å². The summed E-state index contributed by atoms with van der Waals surface area (Å²) in [5, 5.41) is 2.37. The van der Waals surface area contributed by atoms with E-state index in [9.17, 15) is 14.4 Å². The number of rotatable bonds is 2. The lowest BCUT2D eigenvalue weighted by atomic mass is 9.66. The first-order valence-electron chi connectivity index (χ1n) is 7.22. The molecule has 0 aromatic carbocycles. The fourth-order valence-corrected chi connectivity index (χ4v) is 3.60. The van der Waals surface area contributed by atoms with E-state index >= 15 is 0 Å². The summed E-state index contributed by atoms with van der Waals surface area (Å²) < 4.78 is 0. The SMILES string of the molecule is CC1CCCC1CN1C(=O)NC(=O)C2(CCC2)C1=O. The van der Waals surface area contributed by atoms with Crippen LogP contribution in [0.25, 0.3) is 0 Å². The van der Waals surface area contributed by atoms with Crippen LogP contribution in [0.1, 0.15) is 45.4 Å². The lowest BCUT2D eigenvalue weighted by molar-refractivity contribution is -0.158. The number of nitrogens with zero attached hydrogens (tertiary/aromatic N) is 1. The predicted molar refractivity (Wildman–Crippen MR) is 68.0 cm³/mol. The van der Waals surface area contributed by atoms with Crippen molar-refractivity contribution in [2.75, 3.05) is 6.54 Å². The minimum absolute atomic E-state index is 0.258. The first kappa shape index (κ1) is 12.6. The normalized spacial score (nSPS) is 33.5. The molecule has 0 aromatic rings. The first-order valence-corrected chi connectivity index (χ1v) is 7.22. The third-order valence-corrected chi connectivity index (χ3v) is 5.22. The van der Waals surface area contributed by atoms with Gasteiger partial charge in [0.2, 0.25) is 11.8 Å². The van der Waals surface area contributed by atoms with Crippen LogP contribution in [0.2, 0.25) is 0 Å². The second-order valence-electron chi connectivity index (χ2n) is 6.28. The van der Waals surface area contributed by atoms with Crippen LogP contribution in [0.5, 0.6) is 0 Å². The van der Waals surface area contributed by atoms with Gasteiger partial charge in [0.05, 0.1) is 0 Å². The summed E-state index contributed by atoms with van der Waals surface area (Å²) >= 11 is 0. The Morgan fingerprint density at radius 1 is 1.21 bits per heavy atom. The smallest absolute Gasteiger partial charge is 0.277 e. The van der Waals surface area contributed by atoms with E-state index in [4.69, 9.17) is 0 Å². The molecule has 0 radical (unpaired) electrons. The molecule has 1 aliphatic heterocycles. The van der Waals surface area contributed by atoms with E-state index in [1.54, 1.807) is 0 Å². The van der Waals surface area contributed by atoms with Gasteiger partial charge in [-0.25, -0.2) is 4.79 Å². The summed E-state index contributed by atoms with van der Waals surface area (Å²) in [7, 11) is 0. The van der Waals surface area contributed by atoms with Crippen molar-refractivity contribution in [3.8, 4) is 0 Å². The third-order valence-electron chi connectivity index (χ3n) is 5.22. The average molecular weight is 264 g/mol. The van der Waals surface area contributed by atoms with Gasteiger partial charge >= 0.3 is 6.03 Å². The first-order chi connectivity index (χ1) is 9.04. The molecule has 2 unspecified atom stereocenters. The quantitative estimate of drug-likeness (QED) is 0.771. The topological polar surface area (TPSA) is 66.5 Å². The lowest BCUT2D eigenvalue weighted by Gasteiger charge is -2.45. The zero-order valence-electron chi connectivity index (χ0n) is 11.3. The Kier molecular flexibility index (Phi) is 2.87. The van der Waals surface area contributed by atoms with Crippen LogP contribution in [-0.2, 0) is 9.59 Å². The minimum atomic E-state index is -0.921. The van der Waals surface area contributed by atoms with Crippen molar-refractivity contribution >= 4 is 17.8 Å². The van der Waals surface area contributed by atoms with Crippen LogP contribution in [0.3, 0.4) is 0 Å². The molecule has 1 spiro atoms. The second-order valence-corrected chi connectivity index (χ2v) is 6.28. The molecule has 5 nitrogen and oxygen atoms in total. The number of hydrogen-bond acceptors (Lipinski definition) is 3. The maximum atomic E-state index is 12.5. The van der Waals surface area contributed by atoms with E-state index in [-0.39, 0.29) is 11.8 Å². The molecule has 2 atom stereocenters. The maximum Gasteiger partial charge on any atom is 0.330 e. The zero-order chi connectivity index (χ0) is 13.6. The van der Waals surface area contributed by atoms with E-state index in [2.05, 4.69) is 12.2 Å². The maximum absolute atomic E-state index is 12.5. The Labute approximate surface area is 112 Å². The van der Waals surface area contributed by atoms with E-state index < -0.39 is 11.4 Å². The predicted octanol–water partition coefficient (Wildman–Crippen LogP) is 1.67. The van der Waals surface area contributed by atoms with Gasteiger partial charge in [0, 0.05) is 6.54 Å². The van der Waals surface area contributed by atoms with Gasteiger partial charge in [0.1, 0.15) is 5.41 Å². The van der Waals surface area contributed by atoms with Gasteiger partial charge in [0.15, 0.2) is 0 Å². The minimum Gasteiger partial charge on any atom is -0.277 e. The molecule has 1 N–H and O–H groups in total. The van der Waals surface area contributed by atoms with Gasteiger partial charge in [-0.1, -0.05) is 26.2 Å². The van der Waals surface area contributed by atoms with E-state index in [1.807, 2.05) is 0 Å². The second kappa shape index (κ2) is 4.32. The number of carbonyl (C=O) groups excluding carboxylic acids is 3. The van der Waals surface area contributed by atoms with E-state index in [0.29, 0.717) is 31.2 Å². The number of nitrogens with one attached hydrogen (secondary N) is 1. The number of carbonyl (C=O) groups is 3. The van der Waals surface area contributed by atoms with Crippen molar-refractivity contribution in [2.45, 2.75) is 45.4 Å². The van der Waals surface area contributed by atoms with Crippen molar-refractivity contribution in [3.63, 3.8) is 0 Å². The zero-order valence-corrected chi connectivity index (χ0v) is 11.3. The number of imide groups is 2. The molecule has 5 heteroatoms. The Balaban J connectivity index is 1.78. The van der Waals surface area contributed by atoms with Crippen molar-refractivity contribution in [3.05, 3.63) is 0 Å². The Morgan fingerprint density at radius 3 is 2.47 bits per heavy atom.